The molecule has 2 heteroatoms. The second-order valence-corrected chi connectivity index (χ2v) is 1.57. The van der Waals surface area contributed by atoms with Crippen LogP contribution in [0.2, 0.25) is 0 Å². The van der Waals surface area contributed by atoms with E-state index in [4.69, 9.17) is 0 Å². The molecule has 0 unspecified atom stereocenters. The van der Waals surface area contributed by atoms with Crippen LogP contribution in [-0.2, 0) is 9.53 Å². The lowest BCUT2D eigenvalue weighted by Crippen LogP contribution is -2.00. The van der Waals surface area contributed by atoms with Crippen molar-refractivity contribution in [3.8, 4) is 0 Å². The normalized spacial score (nSPS) is 8.56. The molecule has 0 aliphatic carbocycles. The summed E-state index contributed by atoms with van der Waals surface area (Å²) in [5.74, 6) is -0.350. The molecule has 1 radical (unpaired) electrons. The molecular formula is C7H11O2. The molecule has 51 valence electrons. The number of carbonyl (C=O) groups excluding carboxylic acids is 1. The zero-order valence-electron chi connectivity index (χ0n) is 5.59. The summed E-state index contributed by atoms with van der Waals surface area (Å²) in [6.45, 7) is 5.63. The summed E-state index contributed by atoms with van der Waals surface area (Å²) in [6.07, 6.45) is 3.91. The predicted octanol–water partition coefficient (Wildman–Crippen LogP) is 1.33. The molecule has 0 rings (SSSR count). The summed E-state index contributed by atoms with van der Waals surface area (Å²) in [7, 11) is 0. The van der Waals surface area contributed by atoms with Crippen LogP contribution in [0.25, 0.3) is 0 Å². The minimum Gasteiger partial charge on any atom is -0.463 e. The van der Waals surface area contributed by atoms with Crippen LogP contribution in [0.3, 0.4) is 0 Å². The maximum Gasteiger partial charge on any atom is 0.330 e. The first-order valence-electron chi connectivity index (χ1n) is 2.88. The highest BCUT2D eigenvalue weighted by Gasteiger charge is 1.91. The molecule has 0 aliphatic rings. The minimum atomic E-state index is -0.350. The van der Waals surface area contributed by atoms with Crippen molar-refractivity contribution in [2.45, 2.75) is 13.3 Å². The van der Waals surface area contributed by atoms with E-state index in [-0.39, 0.29) is 5.97 Å². The van der Waals surface area contributed by atoms with Gasteiger partial charge in [0.05, 0.1) is 6.61 Å². The third-order valence-electron chi connectivity index (χ3n) is 0.818. The summed E-state index contributed by atoms with van der Waals surface area (Å²) in [5, 5.41) is 0. The molecule has 0 saturated carbocycles. The van der Waals surface area contributed by atoms with Crippen molar-refractivity contribution in [3.05, 3.63) is 19.1 Å². The van der Waals surface area contributed by atoms with E-state index in [1.165, 1.54) is 0 Å². The van der Waals surface area contributed by atoms with E-state index in [0.717, 1.165) is 12.5 Å². The fourth-order valence-electron chi connectivity index (χ4n) is 0.336. The van der Waals surface area contributed by atoms with Crippen molar-refractivity contribution in [1.82, 2.24) is 0 Å². The summed E-state index contributed by atoms with van der Waals surface area (Å²) in [4.78, 5) is 10.3. The van der Waals surface area contributed by atoms with E-state index < -0.39 is 0 Å². The van der Waals surface area contributed by atoms with Gasteiger partial charge in [-0.05, 0) is 12.8 Å². The Morgan fingerprint density at radius 3 is 2.89 bits per heavy atom. The summed E-state index contributed by atoms with van der Waals surface area (Å²) in [5.41, 5.74) is 0. The van der Waals surface area contributed by atoms with E-state index in [9.17, 15) is 4.79 Å². The molecule has 0 saturated heterocycles. The number of hydrogen-bond acceptors (Lipinski definition) is 2. The zero-order valence-corrected chi connectivity index (χ0v) is 5.59. The first-order chi connectivity index (χ1) is 4.31. The Balaban J connectivity index is 3.07. The molecule has 2 nitrogen and oxygen atoms in total. The molecule has 0 heterocycles. The van der Waals surface area contributed by atoms with Gasteiger partial charge in [-0.1, -0.05) is 13.5 Å². The summed E-state index contributed by atoms with van der Waals surface area (Å²) in [6, 6.07) is 0. The van der Waals surface area contributed by atoms with E-state index in [1.807, 2.05) is 13.3 Å². The molecular weight excluding hydrogens is 116 g/mol. The van der Waals surface area contributed by atoms with Gasteiger partial charge in [-0.15, -0.1) is 0 Å². The predicted molar refractivity (Wildman–Crippen MR) is 35.7 cm³/mol. The van der Waals surface area contributed by atoms with Crippen LogP contribution in [0, 0.1) is 6.42 Å². The molecule has 9 heavy (non-hydrogen) atoms. The molecule has 0 amide bonds. The van der Waals surface area contributed by atoms with Crippen LogP contribution >= 0.6 is 0 Å². The Morgan fingerprint density at radius 1 is 1.78 bits per heavy atom. The molecule has 0 aromatic carbocycles. The van der Waals surface area contributed by atoms with Gasteiger partial charge in [0, 0.05) is 6.08 Å². The van der Waals surface area contributed by atoms with Gasteiger partial charge >= 0.3 is 5.97 Å². The van der Waals surface area contributed by atoms with Gasteiger partial charge in [0.25, 0.3) is 0 Å². The fourth-order valence-corrected chi connectivity index (χ4v) is 0.336. The second-order valence-electron chi connectivity index (χ2n) is 1.57. The Labute approximate surface area is 55.5 Å². The van der Waals surface area contributed by atoms with Crippen molar-refractivity contribution in [3.63, 3.8) is 0 Å². The number of hydrogen-bond donors (Lipinski definition) is 0. The van der Waals surface area contributed by atoms with Crippen molar-refractivity contribution >= 4 is 5.97 Å². The molecule has 0 bridgehead atoms. The lowest BCUT2D eigenvalue weighted by molar-refractivity contribution is -0.137. The Bertz CT molecular complexity index is 97.1. The highest BCUT2D eigenvalue weighted by atomic mass is 16.5. The number of ether oxygens (including phenoxy) is 1. The van der Waals surface area contributed by atoms with Gasteiger partial charge in [-0.3, -0.25) is 0 Å². The SMILES string of the molecule is C=CC(=O)OCC[CH]C. The third kappa shape index (κ3) is 5.07. The fraction of sp³-hybridized carbons (Fsp3) is 0.429. The van der Waals surface area contributed by atoms with Gasteiger partial charge in [-0.2, -0.15) is 0 Å². The molecule has 0 spiro atoms. The lowest BCUT2D eigenvalue weighted by atomic mass is 10.4. The quantitative estimate of drug-likeness (QED) is 0.323. The topological polar surface area (TPSA) is 26.3 Å². The Kier molecular flexibility index (Phi) is 4.88. The molecule has 0 fully saturated rings. The smallest absolute Gasteiger partial charge is 0.330 e. The number of rotatable bonds is 4. The van der Waals surface area contributed by atoms with Crippen LogP contribution in [-0.4, -0.2) is 12.6 Å². The standard InChI is InChI=1S/C7H11O2/c1-3-5-6-9-7(8)4-2/h3-4H,2,5-6H2,1H3. The maximum atomic E-state index is 10.3. The van der Waals surface area contributed by atoms with Gasteiger partial charge in [0.2, 0.25) is 0 Å². The monoisotopic (exact) mass is 127 g/mol. The van der Waals surface area contributed by atoms with Crippen LogP contribution in [0.1, 0.15) is 13.3 Å². The van der Waals surface area contributed by atoms with Crippen LogP contribution in [0.4, 0.5) is 0 Å². The van der Waals surface area contributed by atoms with Crippen molar-refractivity contribution in [2.75, 3.05) is 6.61 Å². The number of esters is 1. The third-order valence-corrected chi connectivity index (χ3v) is 0.818. The number of carbonyl (C=O) groups is 1. The highest BCUT2D eigenvalue weighted by Crippen LogP contribution is 1.86. The Hall–Kier alpha value is -0.790. The van der Waals surface area contributed by atoms with Crippen LogP contribution in [0.15, 0.2) is 12.7 Å². The van der Waals surface area contributed by atoms with E-state index in [0.29, 0.717) is 6.61 Å². The zero-order chi connectivity index (χ0) is 7.11. The van der Waals surface area contributed by atoms with Gasteiger partial charge < -0.3 is 4.74 Å². The first kappa shape index (κ1) is 8.21. The van der Waals surface area contributed by atoms with E-state index >= 15 is 0 Å². The average Bonchev–Trinajstić information content (AvgIpc) is 1.89. The van der Waals surface area contributed by atoms with Crippen molar-refractivity contribution < 1.29 is 9.53 Å². The van der Waals surface area contributed by atoms with E-state index in [2.05, 4.69) is 11.3 Å². The molecule has 0 aromatic heterocycles. The van der Waals surface area contributed by atoms with Crippen LogP contribution < -0.4 is 0 Å². The molecule has 0 aromatic rings. The van der Waals surface area contributed by atoms with Crippen molar-refractivity contribution in [2.24, 2.45) is 0 Å². The second kappa shape index (κ2) is 5.35. The lowest BCUT2D eigenvalue weighted by Gasteiger charge is -1.97. The van der Waals surface area contributed by atoms with Crippen molar-refractivity contribution in [1.29, 1.82) is 0 Å². The highest BCUT2D eigenvalue weighted by molar-refractivity contribution is 5.81. The minimum absolute atomic E-state index is 0.350. The summed E-state index contributed by atoms with van der Waals surface area (Å²) >= 11 is 0. The van der Waals surface area contributed by atoms with E-state index in [1.54, 1.807) is 0 Å². The first-order valence-corrected chi connectivity index (χ1v) is 2.88. The number of unbranched alkanes of at least 4 members (excludes halogenated alkanes) is 1. The van der Waals surface area contributed by atoms with Gasteiger partial charge in [0.15, 0.2) is 0 Å². The van der Waals surface area contributed by atoms with Crippen LogP contribution in [0.5, 0.6) is 0 Å². The van der Waals surface area contributed by atoms with Gasteiger partial charge in [-0.25, -0.2) is 4.79 Å². The largest absolute Gasteiger partial charge is 0.463 e. The molecule has 0 N–H and O–H groups in total. The van der Waals surface area contributed by atoms with Gasteiger partial charge in [0.1, 0.15) is 0 Å². The molecule has 0 aliphatic heterocycles. The Morgan fingerprint density at radius 2 is 2.44 bits per heavy atom. The average molecular weight is 127 g/mol. The molecule has 0 atom stereocenters. The summed E-state index contributed by atoms with van der Waals surface area (Å²) < 4.78 is 4.64. The maximum absolute atomic E-state index is 10.3.